The fourth-order valence-electron chi connectivity index (χ4n) is 2.03. The summed E-state index contributed by atoms with van der Waals surface area (Å²) >= 11 is 0. The number of rotatable bonds is 1. The van der Waals surface area contributed by atoms with Crippen LogP contribution in [0.15, 0.2) is 30.5 Å². The fraction of sp³-hybridized carbons (Fsp3) is 0.231. The second kappa shape index (κ2) is 5.02. The quantitative estimate of drug-likeness (QED) is 0.611. The minimum Gasteiger partial charge on any atom is -0.664 e. The van der Waals surface area contributed by atoms with E-state index in [1.807, 2.05) is 12.3 Å². The Hall–Kier alpha value is -0.500. The van der Waals surface area contributed by atoms with Crippen LogP contribution in [0.25, 0.3) is 11.3 Å². The first-order valence-electron chi connectivity index (χ1n) is 4.84. The molecule has 1 aromatic carbocycles. The molecule has 1 heterocycles. The van der Waals surface area contributed by atoms with E-state index < -0.39 is 0 Å². The summed E-state index contributed by atoms with van der Waals surface area (Å²) in [6.45, 7) is 6.41. The van der Waals surface area contributed by atoms with Crippen molar-refractivity contribution >= 4 is 0 Å². The molecule has 0 aliphatic heterocycles. The number of benzene rings is 1. The Labute approximate surface area is 113 Å². The fourth-order valence-corrected chi connectivity index (χ4v) is 2.03. The van der Waals surface area contributed by atoms with E-state index in [1.165, 1.54) is 22.3 Å². The average Bonchev–Trinajstić information content (AvgIpc) is 2.54. The van der Waals surface area contributed by atoms with Crippen molar-refractivity contribution in [2.45, 2.75) is 20.8 Å². The van der Waals surface area contributed by atoms with E-state index in [4.69, 9.17) is 0 Å². The zero-order chi connectivity index (χ0) is 10.1. The van der Waals surface area contributed by atoms with Gasteiger partial charge >= 0.3 is 29.6 Å². The summed E-state index contributed by atoms with van der Waals surface area (Å²) in [6, 6.07) is 8.45. The molecule has 0 atom stereocenters. The molecule has 0 unspecified atom stereocenters. The molecule has 2 aromatic rings. The van der Waals surface area contributed by atoms with Gasteiger partial charge in [-0.2, -0.15) is 6.20 Å². The van der Waals surface area contributed by atoms with Crippen LogP contribution in [-0.4, -0.2) is 0 Å². The average molecular weight is 207 g/mol. The third kappa shape index (κ3) is 2.54. The number of aromatic nitrogens is 1. The zero-order valence-corrected chi connectivity index (χ0v) is 11.8. The Bertz CT molecular complexity index is 421. The molecule has 0 saturated carbocycles. The van der Waals surface area contributed by atoms with E-state index in [1.54, 1.807) is 0 Å². The summed E-state index contributed by atoms with van der Waals surface area (Å²) in [5.74, 6) is 0. The molecular weight excluding hydrogens is 193 g/mol. The molecule has 0 fully saturated rings. The van der Waals surface area contributed by atoms with E-state index in [2.05, 4.69) is 44.0 Å². The Morgan fingerprint density at radius 1 is 1.00 bits per heavy atom. The Balaban J connectivity index is 0.00000112. The van der Waals surface area contributed by atoms with Crippen LogP contribution in [-0.2, 0) is 0 Å². The molecule has 0 aliphatic carbocycles. The maximum absolute atomic E-state index is 4.34. The molecule has 15 heavy (non-hydrogen) atoms. The van der Waals surface area contributed by atoms with Crippen molar-refractivity contribution in [1.29, 1.82) is 0 Å². The molecule has 1 nitrogen and oxygen atoms in total. The van der Waals surface area contributed by atoms with Gasteiger partial charge in [-0.3, -0.25) is 0 Å². The van der Waals surface area contributed by atoms with E-state index in [9.17, 15) is 0 Å². The SMILES string of the molecule is Cc1cc(C)c(-c2ccc[n-]2)c(C)c1.[Na+]. The van der Waals surface area contributed by atoms with Crippen LogP contribution in [0.5, 0.6) is 0 Å². The summed E-state index contributed by atoms with van der Waals surface area (Å²) in [5.41, 5.74) is 6.29. The topological polar surface area (TPSA) is 14.1 Å². The Morgan fingerprint density at radius 3 is 2.07 bits per heavy atom. The molecule has 0 saturated heterocycles. The predicted molar refractivity (Wildman–Crippen MR) is 59.4 cm³/mol. The van der Waals surface area contributed by atoms with Gasteiger partial charge in [-0.1, -0.05) is 29.8 Å². The predicted octanol–water partition coefficient (Wildman–Crippen LogP) is 0.240. The second-order valence-corrected chi connectivity index (χ2v) is 3.80. The molecule has 0 N–H and O–H groups in total. The van der Waals surface area contributed by atoms with E-state index in [0.29, 0.717) is 0 Å². The van der Waals surface area contributed by atoms with Gasteiger partial charge in [-0.15, -0.1) is 5.69 Å². The first kappa shape index (κ1) is 12.6. The van der Waals surface area contributed by atoms with Gasteiger partial charge in [0.05, 0.1) is 0 Å². The van der Waals surface area contributed by atoms with Crippen LogP contribution in [0.2, 0.25) is 0 Å². The number of hydrogen-bond donors (Lipinski definition) is 0. The van der Waals surface area contributed by atoms with Gasteiger partial charge in [0.2, 0.25) is 0 Å². The van der Waals surface area contributed by atoms with Gasteiger partial charge in [-0.25, -0.2) is 0 Å². The zero-order valence-electron chi connectivity index (χ0n) is 9.83. The van der Waals surface area contributed by atoms with Crippen LogP contribution < -0.4 is 34.5 Å². The van der Waals surface area contributed by atoms with Crippen LogP contribution in [0.3, 0.4) is 0 Å². The summed E-state index contributed by atoms with van der Waals surface area (Å²) in [6.07, 6.45) is 1.84. The molecule has 72 valence electrons. The third-order valence-electron chi connectivity index (χ3n) is 2.49. The largest absolute Gasteiger partial charge is 1.00 e. The second-order valence-electron chi connectivity index (χ2n) is 3.80. The Kier molecular flexibility index (Phi) is 4.21. The minimum atomic E-state index is 0. The molecule has 2 rings (SSSR count). The number of nitrogens with zero attached hydrogens (tertiary/aromatic N) is 1. The number of hydrogen-bond acceptors (Lipinski definition) is 0. The van der Waals surface area contributed by atoms with Crippen LogP contribution >= 0.6 is 0 Å². The summed E-state index contributed by atoms with van der Waals surface area (Å²) in [5, 5.41) is 0. The van der Waals surface area contributed by atoms with Crippen molar-refractivity contribution in [3.8, 4) is 11.3 Å². The van der Waals surface area contributed by atoms with Crippen molar-refractivity contribution in [2.24, 2.45) is 0 Å². The van der Waals surface area contributed by atoms with E-state index >= 15 is 0 Å². The van der Waals surface area contributed by atoms with Crippen LogP contribution in [0, 0.1) is 20.8 Å². The summed E-state index contributed by atoms with van der Waals surface area (Å²) < 4.78 is 0. The van der Waals surface area contributed by atoms with Crippen molar-refractivity contribution in [3.05, 3.63) is 47.2 Å². The third-order valence-corrected chi connectivity index (χ3v) is 2.49. The molecule has 2 heteroatoms. The monoisotopic (exact) mass is 207 g/mol. The van der Waals surface area contributed by atoms with Crippen molar-refractivity contribution in [3.63, 3.8) is 0 Å². The minimum absolute atomic E-state index is 0. The maximum Gasteiger partial charge on any atom is 1.00 e. The Morgan fingerprint density at radius 2 is 1.60 bits per heavy atom. The first-order chi connectivity index (χ1) is 6.68. The molecular formula is C13H14NNa. The smallest absolute Gasteiger partial charge is 0.664 e. The molecule has 0 amide bonds. The van der Waals surface area contributed by atoms with Gasteiger partial charge in [-0.05, 0) is 37.5 Å². The maximum atomic E-state index is 4.34. The van der Waals surface area contributed by atoms with E-state index in [-0.39, 0.29) is 29.6 Å². The molecule has 0 radical (unpaired) electrons. The van der Waals surface area contributed by atoms with Gasteiger partial charge < -0.3 is 4.98 Å². The molecule has 0 aliphatic rings. The van der Waals surface area contributed by atoms with Gasteiger partial charge in [0.1, 0.15) is 0 Å². The molecule has 1 aromatic heterocycles. The van der Waals surface area contributed by atoms with Crippen LogP contribution in [0.1, 0.15) is 16.7 Å². The van der Waals surface area contributed by atoms with Crippen LogP contribution in [0.4, 0.5) is 0 Å². The van der Waals surface area contributed by atoms with Crippen molar-refractivity contribution in [1.82, 2.24) is 4.98 Å². The first-order valence-corrected chi connectivity index (χ1v) is 4.84. The van der Waals surface area contributed by atoms with Crippen molar-refractivity contribution < 1.29 is 29.6 Å². The molecule has 0 spiro atoms. The number of aryl methyl sites for hydroxylation is 3. The van der Waals surface area contributed by atoms with Crippen molar-refractivity contribution in [2.75, 3.05) is 0 Å². The van der Waals surface area contributed by atoms with Gasteiger partial charge in [0, 0.05) is 0 Å². The standard InChI is InChI=1S/C13H14N.Na/c1-9-7-10(2)13(11(3)8-9)12-5-4-6-14-12;/h4-8H,1-3H3;/q-1;+1. The van der Waals surface area contributed by atoms with Gasteiger partial charge in [0.25, 0.3) is 0 Å². The normalized spacial score (nSPS) is 9.80. The molecule has 0 bridgehead atoms. The van der Waals surface area contributed by atoms with Gasteiger partial charge in [0.15, 0.2) is 0 Å². The van der Waals surface area contributed by atoms with E-state index in [0.717, 1.165) is 5.69 Å². The summed E-state index contributed by atoms with van der Waals surface area (Å²) in [7, 11) is 0. The summed E-state index contributed by atoms with van der Waals surface area (Å²) in [4.78, 5) is 4.34.